The maximum atomic E-state index is 13.0. The first-order valence-electron chi connectivity index (χ1n) is 9.77. The highest BCUT2D eigenvalue weighted by atomic mass is 35.5. The van der Waals surface area contributed by atoms with Crippen LogP contribution in [0.1, 0.15) is 17.0 Å². The summed E-state index contributed by atoms with van der Waals surface area (Å²) in [5.74, 6) is 0.642. The Kier molecular flexibility index (Phi) is 6.32. The number of amides is 2. The first-order valence-corrected chi connectivity index (χ1v) is 10.1. The Balaban J connectivity index is 1.38. The van der Waals surface area contributed by atoms with Crippen LogP contribution < -0.4 is 10.6 Å². The third kappa shape index (κ3) is 5.69. The number of rotatable bonds is 5. The van der Waals surface area contributed by atoms with E-state index in [1.54, 1.807) is 18.3 Å². The van der Waals surface area contributed by atoms with Crippen molar-refractivity contribution in [2.24, 2.45) is 0 Å². The molecule has 2 amide bonds. The number of urea groups is 1. The summed E-state index contributed by atoms with van der Waals surface area (Å²) in [5, 5.41) is 4.52. The van der Waals surface area contributed by atoms with E-state index >= 15 is 0 Å². The van der Waals surface area contributed by atoms with E-state index < -0.39 is 22.8 Å². The van der Waals surface area contributed by atoms with Gasteiger partial charge < -0.3 is 15.6 Å². The van der Waals surface area contributed by atoms with Gasteiger partial charge in [-0.2, -0.15) is 13.2 Å². The molecule has 4 rings (SSSR count). The second-order valence-corrected chi connectivity index (χ2v) is 7.49. The van der Waals surface area contributed by atoms with Crippen molar-refractivity contribution in [3.8, 4) is 11.4 Å². The number of hydrogen-bond acceptors (Lipinski definition) is 3. The number of hydrogen-bond donors (Lipinski definition) is 3. The van der Waals surface area contributed by atoms with Crippen LogP contribution in [0.3, 0.4) is 0 Å². The second kappa shape index (κ2) is 9.33. The zero-order chi connectivity index (χ0) is 23.4. The lowest BCUT2D eigenvalue weighted by Crippen LogP contribution is -2.20. The van der Waals surface area contributed by atoms with Crippen LogP contribution in [-0.2, 0) is 12.6 Å². The zero-order valence-corrected chi connectivity index (χ0v) is 17.7. The van der Waals surface area contributed by atoms with E-state index in [4.69, 9.17) is 11.6 Å². The van der Waals surface area contributed by atoms with Crippen LogP contribution in [0.25, 0.3) is 11.4 Å². The molecule has 2 aromatic carbocycles. The van der Waals surface area contributed by atoms with Crippen molar-refractivity contribution in [3.05, 3.63) is 95.0 Å². The lowest BCUT2D eigenvalue weighted by atomic mass is 10.1. The van der Waals surface area contributed by atoms with Crippen molar-refractivity contribution >= 4 is 29.0 Å². The molecule has 0 saturated carbocycles. The topological polar surface area (TPSA) is 82.7 Å². The van der Waals surface area contributed by atoms with Gasteiger partial charge in [0.2, 0.25) is 0 Å². The van der Waals surface area contributed by atoms with Gasteiger partial charge in [0.05, 0.1) is 22.0 Å². The Morgan fingerprint density at radius 3 is 2.42 bits per heavy atom. The fourth-order valence-electron chi connectivity index (χ4n) is 3.13. The number of aromatic amines is 1. The number of benzene rings is 2. The van der Waals surface area contributed by atoms with Gasteiger partial charge in [-0.15, -0.1) is 0 Å². The van der Waals surface area contributed by atoms with E-state index in [0.717, 1.165) is 29.1 Å². The highest BCUT2D eigenvalue weighted by Crippen LogP contribution is 2.36. The number of nitrogens with one attached hydrogen (secondary N) is 3. The summed E-state index contributed by atoms with van der Waals surface area (Å²) < 4.78 is 38.9. The van der Waals surface area contributed by atoms with Gasteiger partial charge in [0.15, 0.2) is 0 Å². The number of anilines is 2. The van der Waals surface area contributed by atoms with Crippen LogP contribution in [0.15, 0.2) is 73.1 Å². The molecule has 33 heavy (non-hydrogen) atoms. The number of halogens is 4. The van der Waals surface area contributed by atoms with Crippen LogP contribution in [-0.4, -0.2) is 21.0 Å². The molecule has 0 aliphatic carbocycles. The molecule has 0 saturated heterocycles. The molecule has 0 fully saturated rings. The van der Waals surface area contributed by atoms with Gasteiger partial charge in [0, 0.05) is 30.2 Å². The van der Waals surface area contributed by atoms with Gasteiger partial charge in [0.25, 0.3) is 0 Å². The lowest BCUT2D eigenvalue weighted by Gasteiger charge is -2.12. The van der Waals surface area contributed by atoms with Gasteiger partial charge in [-0.05, 0) is 54.1 Å². The van der Waals surface area contributed by atoms with E-state index in [2.05, 4.69) is 25.6 Å². The third-order valence-corrected chi connectivity index (χ3v) is 5.01. The van der Waals surface area contributed by atoms with Crippen LogP contribution in [0.4, 0.5) is 29.3 Å². The summed E-state index contributed by atoms with van der Waals surface area (Å²) >= 11 is 5.60. The Morgan fingerprint density at radius 1 is 1.00 bits per heavy atom. The number of carbonyl (C=O) groups is 1. The largest absolute Gasteiger partial charge is 0.417 e. The van der Waals surface area contributed by atoms with E-state index in [-0.39, 0.29) is 5.69 Å². The average Bonchev–Trinajstić information content (AvgIpc) is 3.31. The number of alkyl halides is 3. The predicted octanol–water partition coefficient (Wildman–Crippen LogP) is 6.38. The molecule has 3 N–H and O–H groups in total. The maximum Gasteiger partial charge on any atom is 0.417 e. The van der Waals surface area contributed by atoms with Crippen LogP contribution >= 0.6 is 11.6 Å². The lowest BCUT2D eigenvalue weighted by molar-refractivity contribution is -0.137. The first-order chi connectivity index (χ1) is 15.8. The van der Waals surface area contributed by atoms with E-state index in [1.807, 2.05) is 36.5 Å². The third-order valence-electron chi connectivity index (χ3n) is 4.68. The van der Waals surface area contributed by atoms with Crippen molar-refractivity contribution in [2.75, 3.05) is 10.6 Å². The molecule has 168 valence electrons. The first kappa shape index (κ1) is 22.3. The molecule has 0 aliphatic heterocycles. The van der Waals surface area contributed by atoms with Gasteiger partial charge in [-0.3, -0.25) is 0 Å². The minimum Gasteiger partial charge on any atom is -0.360 e. The summed E-state index contributed by atoms with van der Waals surface area (Å²) in [6, 6.07) is 15.1. The van der Waals surface area contributed by atoms with Crippen LogP contribution in [0, 0.1) is 0 Å². The van der Waals surface area contributed by atoms with Gasteiger partial charge in [-0.1, -0.05) is 23.7 Å². The number of nitrogens with zero attached hydrogens (tertiary/aromatic N) is 2. The number of aromatic nitrogens is 3. The molecule has 0 aliphatic rings. The molecule has 6 nitrogen and oxygen atoms in total. The van der Waals surface area contributed by atoms with E-state index in [0.29, 0.717) is 17.9 Å². The molecule has 10 heteroatoms. The van der Waals surface area contributed by atoms with Crippen molar-refractivity contribution < 1.29 is 18.0 Å². The minimum absolute atomic E-state index is 0.0278. The Morgan fingerprint density at radius 2 is 1.73 bits per heavy atom. The fourth-order valence-corrected chi connectivity index (χ4v) is 3.35. The number of carbonyl (C=O) groups excluding carboxylic acids is 1. The molecule has 0 spiro atoms. The molecule has 2 heterocycles. The monoisotopic (exact) mass is 471 g/mol. The summed E-state index contributed by atoms with van der Waals surface area (Å²) in [7, 11) is 0. The molecular weight excluding hydrogens is 455 g/mol. The minimum atomic E-state index is -4.62. The average molecular weight is 472 g/mol. The summed E-state index contributed by atoms with van der Waals surface area (Å²) in [6.45, 7) is 0. The van der Waals surface area contributed by atoms with Crippen molar-refractivity contribution in [1.82, 2.24) is 15.0 Å². The highest BCUT2D eigenvalue weighted by Gasteiger charge is 2.33. The zero-order valence-electron chi connectivity index (χ0n) is 16.9. The second-order valence-electron chi connectivity index (χ2n) is 7.09. The Hall–Kier alpha value is -3.85. The molecule has 0 bridgehead atoms. The predicted molar refractivity (Wildman–Crippen MR) is 120 cm³/mol. The molecular formula is C23H17ClF3N5O. The maximum absolute atomic E-state index is 13.0. The molecule has 0 unspecified atom stereocenters. The SMILES string of the molecule is O=C(Nc1ccc(Cc2nccc(-c3ccc[nH]3)n2)cc1)Nc1ccc(Cl)c(C(F)(F)F)c1. The van der Waals surface area contributed by atoms with E-state index in [1.165, 1.54) is 6.07 Å². The van der Waals surface area contributed by atoms with Crippen molar-refractivity contribution in [1.29, 1.82) is 0 Å². The Bertz CT molecular complexity index is 1260. The summed E-state index contributed by atoms with van der Waals surface area (Å²) in [6.07, 6.45) is -0.612. The Labute approximate surface area is 191 Å². The van der Waals surface area contributed by atoms with Crippen LogP contribution in [0.2, 0.25) is 5.02 Å². The van der Waals surface area contributed by atoms with Crippen molar-refractivity contribution in [2.45, 2.75) is 12.6 Å². The van der Waals surface area contributed by atoms with Crippen molar-refractivity contribution in [3.63, 3.8) is 0 Å². The van der Waals surface area contributed by atoms with Gasteiger partial charge in [-0.25, -0.2) is 14.8 Å². The van der Waals surface area contributed by atoms with Gasteiger partial charge in [0.1, 0.15) is 5.82 Å². The number of H-pyrrole nitrogens is 1. The highest BCUT2D eigenvalue weighted by molar-refractivity contribution is 6.31. The van der Waals surface area contributed by atoms with Gasteiger partial charge >= 0.3 is 12.2 Å². The van der Waals surface area contributed by atoms with E-state index in [9.17, 15) is 18.0 Å². The molecule has 2 aromatic heterocycles. The summed E-state index contributed by atoms with van der Waals surface area (Å²) in [5.41, 5.74) is 2.04. The quantitative estimate of drug-likeness (QED) is 0.316. The van der Waals surface area contributed by atoms with Crippen LogP contribution in [0.5, 0.6) is 0 Å². The smallest absolute Gasteiger partial charge is 0.360 e. The summed E-state index contributed by atoms with van der Waals surface area (Å²) in [4.78, 5) is 24.1. The normalized spacial score (nSPS) is 11.3. The standard InChI is InChI=1S/C23H17ClF3N5O/c24-18-8-7-16(13-17(18)23(25,26)27)31-22(33)30-15-5-3-14(4-6-15)12-21-29-11-9-20(32-21)19-2-1-10-28-19/h1-11,13,28H,12H2,(H2,30,31,33). The molecule has 0 atom stereocenters. The molecule has 0 radical (unpaired) electrons. The molecule has 4 aromatic rings. The fraction of sp³-hybridized carbons (Fsp3) is 0.0870.